The van der Waals surface area contributed by atoms with Gasteiger partial charge in [-0.1, -0.05) is 6.07 Å². The van der Waals surface area contributed by atoms with Gasteiger partial charge in [-0.15, -0.1) is 0 Å². The van der Waals surface area contributed by atoms with Crippen molar-refractivity contribution in [2.75, 3.05) is 97.1 Å². The lowest BCUT2D eigenvalue weighted by Gasteiger charge is -2.29. The molecule has 198 valence electrons. The molecule has 36 heavy (non-hydrogen) atoms. The molecule has 0 spiro atoms. The standard InChI is InChI=1S/C26H40N6O4/c1-29(2)24-16-25(28-20-27-24)32-8-7-26(33,19-32)18-30(3)17-21-5-6-22(23(15-21)34-4)36-14-11-31-9-12-35-13-10-31/h5-6,15-16,20,33H,7-14,17-19H2,1-4H3/t26-/m0/s1. The van der Waals surface area contributed by atoms with Gasteiger partial charge in [-0.25, -0.2) is 9.97 Å². The molecule has 2 aliphatic heterocycles. The molecule has 1 aromatic heterocycles. The fraction of sp³-hybridized carbons (Fsp3) is 0.615. The molecule has 4 rings (SSSR count). The number of hydrogen-bond donors (Lipinski definition) is 1. The van der Waals surface area contributed by atoms with E-state index in [0.29, 0.717) is 32.7 Å². The number of hydrogen-bond acceptors (Lipinski definition) is 10. The zero-order valence-corrected chi connectivity index (χ0v) is 22.0. The zero-order chi connectivity index (χ0) is 25.5. The van der Waals surface area contributed by atoms with Crippen molar-refractivity contribution >= 4 is 11.6 Å². The van der Waals surface area contributed by atoms with Gasteiger partial charge in [0.25, 0.3) is 0 Å². The maximum atomic E-state index is 11.3. The van der Waals surface area contributed by atoms with E-state index in [4.69, 9.17) is 14.2 Å². The first-order chi connectivity index (χ1) is 17.3. The molecule has 0 aliphatic carbocycles. The van der Waals surface area contributed by atoms with E-state index in [1.54, 1.807) is 13.4 Å². The molecular weight excluding hydrogens is 460 g/mol. The SMILES string of the molecule is COc1cc(CN(C)C[C@@]2(O)CCN(c3cc(N(C)C)ncn3)C2)ccc1OCCN1CCOCC1. The minimum atomic E-state index is -0.801. The molecular formula is C26H40N6O4. The van der Waals surface area contributed by atoms with Crippen LogP contribution in [0.4, 0.5) is 11.6 Å². The summed E-state index contributed by atoms with van der Waals surface area (Å²) in [6, 6.07) is 8.03. The number of likely N-dealkylation sites (N-methyl/N-ethyl adjacent to an activating group) is 1. The third kappa shape index (κ3) is 6.97. The Hall–Kier alpha value is -2.66. The van der Waals surface area contributed by atoms with Gasteiger partial charge in [-0.3, -0.25) is 9.80 Å². The Morgan fingerprint density at radius 2 is 1.89 bits per heavy atom. The second-order valence-electron chi connectivity index (χ2n) is 9.98. The highest BCUT2D eigenvalue weighted by molar-refractivity contribution is 5.50. The molecule has 1 N–H and O–H groups in total. The monoisotopic (exact) mass is 500 g/mol. The summed E-state index contributed by atoms with van der Waals surface area (Å²) in [6.45, 7) is 7.53. The number of rotatable bonds is 11. The van der Waals surface area contributed by atoms with E-state index < -0.39 is 5.60 Å². The molecule has 1 aromatic carbocycles. The molecule has 10 nitrogen and oxygen atoms in total. The first-order valence-electron chi connectivity index (χ1n) is 12.6. The number of ether oxygens (including phenoxy) is 3. The number of aromatic nitrogens is 2. The van der Waals surface area contributed by atoms with Crippen molar-refractivity contribution in [3.05, 3.63) is 36.2 Å². The number of aliphatic hydroxyl groups is 1. The Morgan fingerprint density at radius 1 is 1.08 bits per heavy atom. The van der Waals surface area contributed by atoms with E-state index in [0.717, 1.165) is 68.1 Å². The fourth-order valence-electron chi connectivity index (χ4n) is 4.84. The predicted molar refractivity (Wildman–Crippen MR) is 140 cm³/mol. The van der Waals surface area contributed by atoms with Crippen LogP contribution in [0.25, 0.3) is 0 Å². The third-order valence-corrected chi connectivity index (χ3v) is 6.77. The molecule has 2 fully saturated rings. The van der Waals surface area contributed by atoms with E-state index in [1.807, 2.05) is 44.2 Å². The summed E-state index contributed by atoms with van der Waals surface area (Å²) in [5.74, 6) is 3.19. The van der Waals surface area contributed by atoms with Crippen molar-refractivity contribution in [3.63, 3.8) is 0 Å². The first kappa shape index (κ1) is 26.4. The summed E-state index contributed by atoms with van der Waals surface area (Å²) in [4.78, 5) is 17.3. The van der Waals surface area contributed by atoms with Gasteiger partial charge in [0.2, 0.25) is 0 Å². The van der Waals surface area contributed by atoms with E-state index >= 15 is 0 Å². The highest BCUT2D eigenvalue weighted by Crippen LogP contribution is 2.30. The van der Waals surface area contributed by atoms with Gasteiger partial charge >= 0.3 is 0 Å². The van der Waals surface area contributed by atoms with Crippen molar-refractivity contribution in [3.8, 4) is 11.5 Å². The summed E-state index contributed by atoms with van der Waals surface area (Å²) in [5, 5.41) is 11.3. The van der Waals surface area contributed by atoms with Crippen LogP contribution in [0.2, 0.25) is 0 Å². The van der Waals surface area contributed by atoms with Crippen LogP contribution in [0, 0.1) is 0 Å². The van der Waals surface area contributed by atoms with Gasteiger partial charge in [-0.05, 0) is 31.2 Å². The van der Waals surface area contributed by atoms with E-state index in [1.165, 1.54) is 0 Å². The van der Waals surface area contributed by atoms with Gasteiger partial charge < -0.3 is 29.1 Å². The van der Waals surface area contributed by atoms with Crippen molar-refractivity contribution in [2.24, 2.45) is 0 Å². The van der Waals surface area contributed by atoms with Crippen LogP contribution in [-0.4, -0.2) is 118 Å². The van der Waals surface area contributed by atoms with Crippen LogP contribution in [0.3, 0.4) is 0 Å². The topological polar surface area (TPSA) is 86.7 Å². The molecule has 2 aromatic rings. The predicted octanol–water partition coefficient (Wildman–Crippen LogP) is 1.34. The molecule has 0 radical (unpaired) electrons. The molecule has 0 amide bonds. The number of methoxy groups -OCH3 is 1. The summed E-state index contributed by atoms with van der Waals surface area (Å²) in [6.07, 6.45) is 2.27. The maximum Gasteiger partial charge on any atom is 0.161 e. The largest absolute Gasteiger partial charge is 0.493 e. The van der Waals surface area contributed by atoms with E-state index in [-0.39, 0.29) is 0 Å². The first-order valence-corrected chi connectivity index (χ1v) is 12.6. The van der Waals surface area contributed by atoms with Crippen molar-refractivity contribution in [1.29, 1.82) is 0 Å². The fourth-order valence-corrected chi connectivity index (χ4v) is 4.84. The Balaban J connectivity index is 1.29. The van der Waals surface area contributed by atoms with Gasteiger partial charge in [0.05, 0.1) is 25.9 Å². The Bertz CT molecular complexity index is 987. The van der Waals surface area contributed by atoms with Crippen molar-refractivity contribution in [1.82, 2.24) is 19.8 Å². The summed E-state index contributed by atoms with van der Waals surface area (Å²) >= 11 is 0. The number of morpholine rings is 1. The summed E-state index contributed by atoms with van der Waals surface area (Å²) in [5.41, 5.74) is 0.310. The van der Waals surface area contributed by atoms with Gasteiger partial charge in [-0.2, -0.15) is 0 Å². The Morgan fingerprint density at radius 3 is 2.64 bits per heavy atom. The number of nitrogens with zero attached hydrogens (tertiary/aromatic N) is 6. The Kier molecular flexibility index (Phi) is 8.84. The lowest BCUT2D eigenvalue weighted by atomic mass is 10.0. The summed E-state index contributed by atoms with van der Waals surface area (Å²) in [7, 11) is 7.62. The third-order valence-electron chi connectivity index (χ3n) is 6.77. The molecule has 0 unspecified atom stereocenters. The normalized spacial score (nSPS) is 20.7. The highest BCUT2D eigenvalue weighted by Gasteiger charge is 2.37. The highest BCUT2D eigenvalue weighted by atomic mass is 16.5. The smallest absolute Gasteiger partial charge is 0.161 e. The lowest BCUT2D eigenvalue weighted by Crippen LogP contribution is -2.43. The average Bonchev–Trinajstić information content (AvgIpc) is 3.26. The molecule has 3 heterocycles. The van der Waals surface area contributed by atoms with Gasteiger partial charge in [0, 0.05) is 66.0 Å². The molecule has 1 atom stereocenters. The minimum absolute atomic E-state index is 0.542. The minimum Gasteiger partial charge on any atom is -0.493 e. The van der Waals surface area contributed by atoms with Crippen LogP contribution in [0.5, 0.6) is 11.5 Å². The van der Waals surface area contributed by atoms with E-state index in [9.17, 15) is 5.11 Å². The number of anilines is 2. The number of benzene rings is 1. The van der Waals surface area contributed by atoms with E-state index in [2.05, 4.69) is 30.7 Å². The van der Waals surface area contributed by atoms with Crippen molar-refractivity contribution < 1.29 is 19.3 Å². The summed E-state index contributed by atoms with van der Waals surface area (Å²) < 4.78 is 17.0. The molecule has 0 saturated carbocycles. The zero-order valence-electron chi connectivity index (χ0n) is 22.0. The van der Waals surface area contributed by atoms with Crippen molar-refractivity contribution in [2.45, 2.75) is 18.6 Å². The van der Waals surface area contributed by atoms with Gasteiger partial charge in [0.1, 0.15) is 24.6 Å². The molecule has 0 bridgehead atoms. The molecule has 10 heteroatoms. The van der Waals surface area contributed by atoms with Crippen LogP contribution < -0.4 is 19.3 Å². The van der Waals surface area contributed by atoms with Crippen LogP contribution in [-0.2, 0) is 11.3 Å². The molecule has 2 aliphatic rings. The maximum absolute atomic E-state index is 11.3. The second-order valence-corrected chi connectivity index (χ2v) is 9.98. The quantitative estimate of drug-likeness (QED) is 0.488. The van der Waals surface area contributed by atoms with Gasteiger partial charge in [0.15, 0.2) is 11.5 Å². The lowest BCUT2D eigenvalue weighted by molar-refractivity contribution is 0.0279. The van der Waals surface area contributed by atoms with Crippen LogP contribution >= 0.6 is 0 Å². The average molecular weight is 501 g/mol. The molecule has 2 saturated heterocycles. The number of β-amino-alcohol motifs (C(OH)–C–C–N with tert-alkyl or cyclic N) is 1. The second kappa shape index (κ2) is 12.1. The van der Waals surface area contributed by atoms with Crippen LogP contribution in [0.15, 0.2) is 30.6 Å². The van der Waals surface area contributed by atoms with Crippen LogP contribution in [0.1, 0.15) is 12.0 Å². The Labute approximate surface area is 214 Å².